The molecule has 0 fully saturated rings. The summed E-state index contributed by atoms with van der Waals surface area (Å²) in [5, 5.41) is 10.6. The zero-order valence-electron chi connectivity index (χ0n) is 10.1. The molecule has 3 rings (SSSR count). The molecule has 0 N–H and O–H groups in total. The number of nitro groups is 1. The lowest BCUT2D eigenvalue weighted by atomic mass is 10.3. The Morgan fingerprint density at radius 1 is 1.21 bits per heavy atom. The van der Waals surface area contributed by atoms with Crippen LogP contribution in [0.25, 0.3) is 16.9 Å². The van der Waals surface area contributed by atoms with Gasteiger partial charge in [-0.15, -0.1) is 0 Å². The van der Waals surface area contributed by atoms with Gasteiger partial charge in [-0.1, -0.05) is 12.1 Å². The van der Waals surface area contributed by atoms with Gasteiger partial charge in [-0.25, -0.2) is 9.97 Å². The number of nitrogens with zero attached hydrogens (tertiary/aromatic N) is 4. The second kappa shape index (κ2) is 4.16. The summed E-state index contributed by atoms with van der Waals surface area (Å²) in [4.78, 5) is 18.7. The van der Waals surface area contributed by atoms with Gasteiger partial charge in [-0.05, 0) is 25.1 Å². The van der Waals surface area contributed by atoms with E-state index in [0.717, 1.165) is 16.9 Å². The van der Waals surface area contributed by atoms with Crippen LogP contribution in [0, 0.1) is 17.0 Å². The van der Waals surface area contributed by atoms with E-state index >= 15 is 0 Å². The van der Waals surface area contributed by atoms with E-state index in [2.05, 4.69) is 9.97 Å². The standard InChI is InChI=1S/C13H10N4O2/c1-9-15-11-4-2-3-5-12(11)16(9)13-7-6-10(8-14-13)17(18)19/h2-8H,1H3. The first-order valence-electron chi connectivity index (χ1n) is 5.72. The molecule has 94 valence electrons. The van der Waals surface area contributed by atoms with Crippen molar-refractivity contribution in [3.05, 3.63) is 58.5 Å². The fourth-order valence-corrected chi connectivity index (χ4v) is 2.05. The summed E-state index contributed by atoms with van der Waals surface area (Å²) in [6.07, 6.45) is 1.25. The molecule has 0 saturated heterocycles. The third kappa shape index (κ3) is 1.83. The highest BCUT2D eigenvalue weighted by molar-refractivity contribution is 5.77. The quantitative estimate of drug-likeness (QED) is 0.520. The largest absolute Gasteiger partial charge is 0.287 e. The van der Waals surface area contributed by atoms with Gasteiger partial charge in [0.1, 0.15) is 17.8 Å². The van der Waals surface area contributed by atoms with Gasteiger partial charge in [-0.3, -0.25) is 14.7 Å². The molecule has 6 nitrogen and oxygen atoms in total. The molecule has 0 bridgehead atoms. The van der Waals surface area contributed by atoms with Gasteiger partial charge in [0.15, 0.2) is 0 Å². The van der Waals surface area contributed by atoms with Gasteiger partial charge in [0.2, 0.25) is 0 Å². The normalized spacial score (nSPS) is 10.8. The Hall–Kier alpha value is -2.76. The van der Waals surface area contributed by atoms with Crippen molar-refractivity contribution in [1.29, 1.82) is 0 Å². The molecule has 0 amide bonds. The van der Waals surface area contributed by atoms with E-state index in [1.165, 1.54) is 12.3 Å². The molecule has 19 heavy (non-hydrogen) atoms. The fraction of sp³-hybridized carbons (Fsp3) is 0.0769. The molecule has 0 unspecified atom stereocenters. The number of fused-ring (bicyclic) bond motifs is 1. The molecule has 0 saturated carbocycles. The Labute approximate surface area is 108 Å². The molecule has 0 atom stereocenters. The lowest BCUT2D eigenvalue weighted by Crippen LogP contribution is -2.00. The Morgan fingerprint density at radius 2 is 2.00 bits per heavy atom. The Balaban J connectivity index is 2.18. The first kappa shape index (κ1) is 11.3. The van der Waals surface area contributed by atoms with E-state index in [-0.39, 0.29) is 5.69 Å². The highest BCUT2D eigenvalue weighted by Gasteiger charge is 2.11. The van der Waals surface area contributed by atoms with E-state index in [1.807, 2.05) is 35.8 Å². The molecule has 0 aliphatic heterocycles. The number of benzene rings is 1. The van der Waals surface area contributed by atoms with E-state index in [4.69, 9.17) is 0 Å². The summed E-state index contributed by atoms with van der Waals surface area (Å²) >= 11 is 0. The van der Waals surface area contributed by atoms with Crippen LogP contribution in [0.15, 0.2) is 42.6 Å². The molecule has 2 aromatic heterocycles. The maximum Gasteiger partial charge on any atom is 0.287 e. The lowest BCUT2D eigenvalue weighted by molar-refractivity contribution is -0.385. The second-order valence-corrected chi connectivity index (χ2v) is 4.11. The van der Waals surface area contributed by atoms with Crippen molar-refractivity contribution in [2.45, 2.75) is 6.92 Å². The van der Waals surface area contributed by atoms with Crippen LogP contribution in [0.2, 0.25) is 0 Å². The highest BCUT2D eigenvalue weighted by atomic mass is 16.6. The third-order valence-electron chi connectivity index (χ3n) is 2.90. The zero-order valence-corrected chi connectivity index (χ0v) is 10.1. The SMILES string of the molecule is Cc1nc2ccccc2n1-c1ccc([N+](=O)[O-])cn1. The van der Waals surface area contributed by atoms with Crippen molar-refractivity contribution >= 4 is 16.7 Å². The molecule has 1 aromatic carbocycles. The van der Waals surface area contributed by atoms with Gasteiger partial charge >= 0.3 is 0 Å². The second-order valence-electron chi connectivity index (χ2n) is 4.11. The number of rotatable bonds is 2. The number of hydrogen-bond acceptors (Lipinski definition) is 4. The fourth-order valence-electron chi connectivity index (χ4n) is 2.05. The number of para-hydroxylation sites is 2. The molecular formula is C13H10N4O2. The summed E-state index contributed by atoms with van der Waals surface area (Å²) in [5.41, 5.74) is 1.78. The predicted octanol–water partition coefficient (Wildman–Crippen LogP) is 2.64. The van der Waals surface area contributed by atoms with Crippen LogP contribution in [-0.2, 0) is 0 Å². The van der Waals surface area contributed by atoms with Crippen LogP contribution in [0.3, 0.4) is 0 Å². The van der Waals surface area contributed by atoms with Crippen molar-refractivity contribution in [3.8, 4) is 5.82 Å². The zero-order chi connectivity index (χ0) is 13.4. The number of aromatic nitrogens is 3. The number of aryl methyl sites for hydroxylation is 1. The van der Waals surface area contributed by atoms with Gasteiger partial charge < -0.3 is 0 Å². The minimum Gasteiger partial charge on any atom is -0.281 e. The van der Waals surface area contributed by atoms with Gasteiger partial charge in [0, 0.05) is 6.07 Å². The molecule has 0 radical (unpaired) electrons. The summed E-state index contributed by atoms with van der Waals surface area (Å²) in [5.74, 6) is 1.42. The van der Waals surface area contributed by atoms with Crippen molar-refractivity contribution in [2.24, 2.45) is 0 Å². The predicted molar refractivity (Wildman–Crippen MR) is 70.3 cm³/mol. The third-order valence-corrected chi connectivity index (χ3v) is 2.90. The molecule has 0 spiro atoms. The Morgan fingerprint density at radius 3 is 2.68 bits per heavy atom. The van der Waals surface area contributed by atoms with Crippen LogP contribution < -0.4 is 0 Å². The molecular weight excluding hydrogens is 244 g/mol. The van der Waals surface area contributed by atoms with E-state index in [1.54, 1.807) is 6.07 Å². The number of imidazole rings is 1. The monoisotopic (exact) mass is 254 g/mol. The first-order chi connectivity index (χ1) is 9.16. The number of hydrogen-bond donors (Lipinski definition) is 0. The van der Waals surface area contributed by atoms with Crippen molar-refractivity contribution in [3.63, 3.8) is 0 Å². The Bertz CT molecular complexity index is 762. The molecule has 0 aliphatic carbocycles. The summed E-state index contributed by atoms with van der Waals surface area (Å²) < 4.78 is 1.87. The minimum atomic E-state index is -0.463. The number of pyridine rings is 1. The van der Waals surface area contributed by atoms with E-state index < -0.39 is 4.92 Å². The van der Waals surface area contributed by atoms with Crippen LogP contribution in [0.5, 0.6) is 0 Å². The maximum atomic E-state index is 10.6. The maximum absolute atomic E-state index is 10.6. The molecule has 6 heteroatoms. The smallest absolute Gasteiger partial charge is 0.281 e. The lowest BCUT2D eigenvalue weighted by Gasteiger charge is -2.04. The summed E-state index contributed by atoms with van der Waals surface area (Å²) in [6.45, 7) is 1.88. The van der Waals surface area contributed by atoms with Crippen molar-refractivity contribution in [2.75, 3.05) is 0 Å². The average Bonchev–Trinajstić information content (AvgIpc) is 2.74. The Kier molecular flexibility index (Phi) is 2.49. The van der Waals surface area contributed by atoms with Crippen LogP contribution in [-0.4, -0.2) is 19.5 Å². The van der Waals surface area contributed by atoms with Crippen molar-refractivity contribution < 1.29 is 4.92 Å². The van der Waals surface area contributed by atoms with Gasteiger partial charge in [0.05, 0.1) is 16.0 Å². The van der Waals surface area contributed by atoms with Gasteiger partial charge in [0.25, 0.3) is 5.69 Å². The van der Waals surface area contributed by atoms with Crippen molar-refractivity contribution in [1.82, 2.24) is 14.5 Å². The molecule has 0 aliphatic rings. The molecule has 2 heterocycles. The minimum absolute atomic E-state index is 0.0224. The van der Waals surface area contributed by atoms with Crippen LogP contribution >= 0.6 is 0 Å². The summed E-state index contributed by atoms with van der Waals surface area (Å²) in [6, 6.07) is 10.8. The highest BCUT2D eigenvalue weighted by Crippen LogP contribution is 2.20. The topological polar surface area (TPSA) is 73.8 Å². The van der Waals surface area contributed by atoms with Crippen LogP contribution in [0.1, 0.15) is 5.82 Å². The van der Waals surface area contributed by atoms with Crippen LogP contribution in [0.4, 0.5) is 5.69 Å². The first-order valence-corrected chi connectivity index (χ1v) is 5.72. The molecule has 3 aromatic rings. The van der Waals surface area contributed by atoms with Gasteiger partial charge in [-0.2, -0.15) is 0 Å². The average molecular weight is 254 g/mol. The van der Waals surface area contributed by atoms with E-state index in [0.29, 0.717) is 5.82 Å². The summed E-state index contributed by atoms with van der Waals surface area (Å²) in [7, 11) is 0. The van der Waals surface area contributed by atoms with E-state index in [9.17, 15) is 10.1 Å².